The Hall–Kier alpha value is -2.95. The molecular formula is C19H18ClN5O5. The molecule has 1 aromatic rings. The van der Waals surface area contributed by atoms with E-state index in [-0.39, 0.29) is 47.2 Å². The van der Waals surface area contributed by atoms with Crippen molar-refractivity contribution in [1.29, 1.82) is 0 Å². The highest BCUT2D eigenvalue weighted by molar-refractivity contribution is 6.29. The summed E-state index contributed by atoms with van der Waals surface area (Å²) in [6, 6.07) is 3.26. The number of pyridine rings is 1. The first-order valence-electron chi connectivity index (χ1n) is 9.31. The normalized spacial score (nSPS) is 31.2. The summed E-state index contributed by atoms with van der Waals surface area (Å²) in [6.45, 7) is 0.333. The van der Waals surface area contributed by atoms with Gasteiger partial charge in [0, 0.05) is 31.3 Å². The fourth-order valence-corrected chi connectivity index (χ4v) is 4.94. The molecule has 0 aromatic carbocycles. The number of nitrogens with zero attached hydrogens (tertiary/aromatic N) is 2. The largest absolute Gasteiger partial charge is 0.449 e. The number of aromatic nitrogens is 1. The standard InChI is InChI=1S/C19H18ClN5O5/c1-29-19-9(7-30-18(21)28)14-15(25(19)6-11-17(19)24-11)12(26)4-10(16(14)27)23-8-2-3-13(20)22-5-8/h2-5,9,11,17,23-24H,6-7H2,1H3,(H2,21,28). The number of nitrogens with two attached hydrogens (primary N) is 1. The van der Waals surface area contributed by atoms with Crippen molar-refractivity contribution in [2.24, 2.45) is 11.7 Å². The van der Waals surface area contributed by atoms with Crippen molar-refractivity contribution in [2.45, 2.75) is 17.8 Å². The van der Waals surface area contributed by atoms with E-state index in [0.29, 0.717) is 17.4 Å². The van der Waals surface area contributed by atoms with E-state index >= 15 is 0 Å². The minimum absolute atomic E-state index is 0.0907. The van der Waals surface area contributed by atoms with Gasteiger partial charge in [-0.05, 0) is 12.1 Å². The molecular weight excluding hydrogens is 414 g/mol. The first-order valence-corrected chi connectivity index (χ1v) is 9.69. The molecule has 0 radical (unpaired) electrons. The van der Waals surface area contributed by atoms with Crippen LogP contribution in [0.4, 0.5) is 10.5 Å². The van der Waals surface area contributed by atoms with Gasteiger partial charge in [0.15, 0.2) is 5.72 Å². The van der Waals surface area contributed by atoms with Crippen LogP contribution >= 0.6 is 11.6 Å². The number of Topliss-reactive ketones (excluding diaryl/α,β-unsaturated/α-hetero) is 1. The molecule has 10 nitrogen and oxygen atoms in total. The predicted octanol–water partition coefficient (Wildman–Crippen LogP) is 0.161. The maximum absolute atomic E-state index is 13.4. The third-order valence-corrected chi connectivity index (χ3v) is 6.25. The number of fused-ring (bicyclic) bond motifs is 4. The fraction of sp³-hybridized carbons (Fsp3) is 0.368. The first kappa shape index (κ1) is 19.0. The number of allylic oxidation sites excluding steroid dienone is 2. The maximum atomic E-state index is 13.4. The third kappa shape index (κ3) is 2.57. The molecule has 3 aliphatic heterocycles. The van der Waals surface area contributed by atoms with Gasteiger partial charge in [0.2, 0.25) is 11.6 Å². The molecule has 11 heteroatoms. The number of piperazine rings is 1. The molecule has 4 unspecified atom stereocenters. The van der Waals surface area contributed by atoms with Crippen LogP contribution in [0.1, 0.15) is 0 Å². The summed E-state index contributed by atoms with van der Waals surface area (Å²) < 4.78 is 11.0. The van der Waals surface area contributed by atoms with E-state index in [1.54, 1.807) is 12.1 Å². The van der Waals surface area contributed by atoms with E-state index in [9.17, 15) is 14.4 Å². The topological polar surface area (TPSA) is 146 Å². The number of ether oxygens (including phenoxy) is 2. The zero-order chi connectivity index (χ0) is 21.2. The van der Waals surface area contributed by atoms with Crippen molar-refractivity contribution in [3.63, 3.8) is 0 Å². The number of halogens is 1. The summed E-state index contributed by atoms with van der Waals surface area (Å²) in [4.78, 5) is 43.6. The van der Waals surface area contributed by atoms with E-state index in [2.05, 4.69) is 15.6 Å². The number of nitrogens with one attached hydrogen (secondary N) is 2. The van der Waals surface area contributed by atoms with Gasteiger partial charge in [-0.3, -0.25) is 9.59 Å². The second-order valence-electron chi connectivity index (χ2n) is 7.51. The highest BCUT2D eigenvalue weighted by Crippen LogP contribution is 2.55. The molecule has 156 valence electrons. The molecule has 4 heterocycles. The van der Waals surface area contributed by atoms with Crippen LogP contribution in [0.2, 0.25) is 5.15 Å². The van der Waals surface area contributed by atoms with Crippen molar-refractivity contribution >= 4 is 34.9 Å². The lowest BCUT2D eigenvalue weighted by Crippen LogP contribution is -2.55. The average Bonchev–Trinajstić information content (AvgIpc) is 3.32. The molecule has 2 fully saturated rings. The summed E-state index contributed by atoms with van der Waals surface area (Å²) in [5.41, 5.74) is 5.31. The maximum Gasteiger partial charge on any atom is 0.404 e. The van der Waals surface area contributed by atoms with E-state index < -0.39 is 17.7 Å². The summed E-state index contributed by atoms with van der Waals surface area (Å²) in [5.74, 6) is -1.38. The lowest BCUT2D eigenvalue weighted by Gasteiger charge is -2.39. The van der Waals surface area contributed by atoms with Crippen LogP contribution in [-0.2, 0) is 19.1 Å². The van der Waals surface area contributed by atoms with Crippen molar-refractivity contribution in [2.75, 3.05) is 25.6 Å². The van der Waals surface area contributed by atoms with Gasteiger partial charge < -0.3 is 30.7 Å². The number of carbonyl (C=O) groups excluding carboxylic acids is 3. The van der Waals surface area contributed by atoms with Crippen LogP contribution in [0.3, 0.4) is 0 Å². The zero-order valence-electron chi connectivity index (χ0n) is 15.8. The minimum atomic E-state index is -0.999. The molecule has 1 aliphatic carbocycles. The number of rotatable bonds is 5. The van der Waals surface area contributed by atoms with Crippen molar-refractivity contribution < 1.29 is 23.9 Å². The van der Waals surface area contributed by atoms with Crippen molar-refractivity contribution in [3.8, 4) is 0 Å². The Morgan fingerprint density at radius 2 is 2.27 bits per heavy atom. The molecule has 1 amide bonds. The number of ketones is 2. The van der Waals surface area contributed by atoms with Gasteiger partial charge >= 0.3 is 6.09 Å². The molecule has 2 saturated heterocycles. The van der Waals surface area contributed by atoms with Crippen LogP contribution in [0.5, 0.6) is 0 Å². The lowest BCUT2D eigenvalue weighted by atomic mass is 9.84. The number of amides is 1. The van der Waals surface area contributed by atoms with Crippen LogP contribution in [0.15, 0.2) is 41.4 Å². The van der Waals surface area contributed by atoms with Gasteiger partial charge in [-0.15, -0.1) is 0 Å². The first-order chi connectivity index (χ1) is 14.4. The molecule has 4 aliphatic rings. The Kier molecular flexibility index (Phi) is 4.14. The summed E-state index contributed by atoms with van der Waals surface area (Å²) in [7, 11) is 1.52. The highest BCUT2D eigenvalue weighted by atomic mass is 35.5. The van der Waals surface area contributed by atoms with Crippen LogP contribution in [0, 0.1) is 5.92 Å². The molecule has 4 atom stereocenters. The van der Waals surface area contributed by atoms with E-state index in [0.717, 1.165) is 0 Å². The summed E-state index contributed by atoms with van der Waals surface area (Å²) in [6.07, 6.45) is 1.77. The van der Waals surface area contributed by atoms with Crippen LogP contribution < -0.4 is 16.4 Å². The smallest absolute Gasteiger partial charge is 0.404 e. The molecule has 0 spiro atoms. The van der Waals surface area contributed by atoms with Gasteiger partial charge in [0.05, 0.1) is 35.2 Å². The second kappa shape index (κ2) is 6.53. The average molecular weight is 432 g/mol. The Morgan fingerprint density at radius 3 is 2.93 bits per heavy atom. The molecule has 30 heavy (non-hydrogen) atoms. The van der Waals surface area contributed by atoms with Crippen LogP contribution in [0.25, 0.3) is 0 Å². The summed E-state index contributed by atoms with van der Waals surface area (Å²) >= 11 is 5.80. The quantitative estimate of drug-likeness (QED) is 0.337. The van der Waals surface area contributed by atoms with Gasteiger partial charge in [-0.1, -0.05) is 11.6 Å². The minimum Gasteiger partial charge on any atom is -0.449 e. The van der Waals surface area contributed by atoms with E-state index in [1.165, 1.54) is 19.4 Å². The molecule has 0 saturated carbocycles. The number of hydrogen-bond acceptors (Lipinski definition) is 9. The number of primary amides is 1. The Balaban J connectivity index is 1.52. The number of hydrogen-bond donors (Lipinski definition) is 3. The number of methoxy groups -OCH3 is 1. The number of carbonyl (C=O) groups is 3. The van der Waals surface area contributed by atoms with Crippen molar-refractivity contribution in [1.82, 2.24) is 15.2 Å². The molecule has 1 aromatic heterocycles. The molecule has 4 N–H and O–H groups in total. The second-order valence-corrected chi connectivity index (χ2v) is 7.90. The Labute approximate surface area is 176 Å². The van der Waals surface area contributed by atoms with Gasteiger partial charge in [0.1, 0.15) is 11.8 Å². The summed E-state index contributed by atoms with van der Waals surface area (Å²) in [5, 5.41) is 6.54. The Bertz CT molecular complexity index is 1040. The van der Waals surface area contributed by atoms with Crippen molar-refractivity contribution in [3.05, 3.63) is 46.5 Å². The zero-order valence-corrected chi connectivity index (χ0v) is 16.6. The Morgan fingerprint density at radius 1 is 1.47 bits per heavy atom. The van der Waals surface area contributed by atoms with Gasteiger partial charge in [0.25, 0.3) is 0 Å². The SMILES string of the molecule is COC12C(COC(N)=O)C3=C(C(=O)C=C(Nc4ccc(Cl)nc4)C3=O)N1CC1NC12. The van der Waals surface area contributed by atoms with Gasteiger partial charge in [-0.25, -0.2) is 9.78 Å². The predicted molar refractivity (Wildman–Crippen MR) is 104 cm³/mol. The number of anilines is 1. The van der Waals surface area contributed by atoms with E-state index in [1.807, 2.05) is 4.90 Å². The monoisotopic (exact) mass is 431 g/mol. The fourth-order valence-electron chi connectivity index (χ4n) is 4.82. The molecule has 5 rings (SSSR count). The van der Waals surface area contributed by atoms with Gasteiger partial charge in [-0.2, -0.15) is 0 Å². The molecule has 0 bridgehead atoms. The van der Waals surface area contributed by atoms with E-state index in [4.69, 9.17) is 26.8 Å². The lowest BCUT2D eigenvalue weighted by molar-refractivity contribution is -0.136. The van der Waals surface area contributed by atoms with Crippen LogP contribution in [-0.4, -0.2) is 65.6 Å². The highest BCUT2D eigenvalue weighted by Gasteiger charge is 2.72. The third-order valence-electron chi connectivity index (χ3n) is 6.03.